The summed E-state index contributed by atoms with van der Waals surface area (Å²) in [6.45, 7) is 0.784. The van der Waals surface area contributed by atoms with Crippen LogP contribution in [-0.2, 0) is 5.41 Å². The van der Waals surface area contributed by atoms with Gasteiger partial charge in [-0.05, 0) is 30.5 Å². The Morgan fingerprint density at radius 2 is 1.80 bits per heavy atom. The normalized spacial score (nSPS) is 19.1. The highest BCUT2D eigenvalue weighted by atomic mass is 14.8. The van der Waals surface area contributed by atoms with Crippen LogP contribution >= 0.6 is 0 Å². The molecule has 0 spiro atoms. The van der Waals surface area contributed by atoms with E-state index in [0.29, 0.717) is 0 Å². The molecule has 15 heavy (non-hydrogen) atoms. The van der Waals surface area contributed by atoms with E-state index in [1.165, 1.54) is 36.9 Å². The lowest BCUT2D eigenvalue weighted by Crippen LogP contribution is -2.31. The average molecular weight is 204 g/mol. The molecule has 0 unspecified atom stereocenters. The monoisotopic (exact) mass is 204 g/mol. The topological polar surface area (TPSA) is 38.0 Å². The maximum absolute atomic E-state index is 5.96. The van der Waals surface area contributed by atoms with Gasteiger partial charge in [0.25, 0.3) is 0 Å². The van der Waals surface area contributed by atoms with Crippen LogP contribution in [0.3, 0.4) is 0 Å². The molecule has 0 saturated heterocycles. The van der Waals surface area contributed by atoms with Crippen LogP contribution in [0.2, 0.25) is 0 Å². The summed E-state index contributed by atoms with van der Waals surface area (Å²) in [5.74, 6) is 0. The molecular formula is C13H20N2. The number of anilines is 1. The molecule has 2 heteroatoms. The van der Waals surface area contributed by atoms with E-state index >= 15 is 0 Å². The second kappa shape index (κ2) is 4.23. The molecule has 1 aromatic carbocycles. The Bertz CT molecular complexity index is 310. The zero-order chi connectivity index (χ0) is 10.7. The lowest BCUT2D eigenvalue weighted by atomic mass is 9.79. The third-order valence-corrected chi connectivity index (χ3v) is 3.74. The smallest absolute Gasteiger partial charge is 0.0337 e. The minimum atomic E-state index is 0.270. The molecule has 0 bridgehead atoms. The predicted molar refractivity (Wildman–Crippen MR) is 65.2 cm³/mol. The number of nitrogens with one attached hydrogen (secondary N) is 1. The van der Waals surface area contributed by atoms with E-state index in [4.69, 9.17) is 5.73 Å². The summed E-state index contributed by atoms with van der Waals surface area (Å²) in [5, 5.41) is 3.14. The summed E-state index contributed by atoms with van der Waals surface area (Å²) < 4.78 is 0. The SMILES string of the molecule is CNc1ccc(C2(CN)CCCC2)cc1. The fraction of sp³-hybridized carbons (Fsp3) is 0.538. The molecular weight excluding hydrogens is 184 g/mol. The summed E-state index contributed by atoms with van der Waals surface area (Å²) in [6, 6.07) is 8.74. The van der Waals surface area contributed by atoms with Gasteiger partial charge in [-0.25, -0.2) is 0 Å². The minimum Gasteiger partial charge on any atom is -0.388 e. The van der Waals surface area contributed by atoms with Gasteiger partial charge >= 0.3 is 0 Å². The maximum atomic E-state index is 5.96. The van der Waals surface area contributed by atoms with Gasteiger partial charge in [0.1, 0.15) is 0 Å². The van der Waals surface area contributed by atoms with Gasteiger partial charge < -0.3 is 11.1 Å². The van der Waals surface area contributed by atoms with Crippen LogP contribution in [0, 0.1) is 0 Å². The predicted octanol–water partition coefficient (Wildman–Crippen LogP) is 2.50. The van der Waals surface area contributed by atoms with Crippen LogP contribution in [0.5, 0.6) is 0 Å². The lowest BCUT2D eigenvalue weighted by molar-refractivity contribution is 0.453. The third kappa shape index (κ3) is 1.86. The van der Waals surface area contributed by atoms with Gasteiger partial charge in [0.2, 0.25) is 0 Å². The summed E-state index contributed by atoms with van der Waals surface area (Å²) in [4.78, 5) is 0. The van der Waals surface area contributed by atoms with E-state index in [2.05, 4.69) is 29.6 Å². The zero-order valence-electron chi connectivity index (χ0n) is 9.42. The van der Waals surface area contributed by atoms with Crippen molar-refractivity contribution >= 4 is 5.69 Å². The highest BCUT2D eigenvalue weighted by molar-refractivity contribution is 5.45. The Morgan fingerprint density at radius 1 is 1.20 bits per heavy atom. The van der Waals surface area contributed by atoms with Crippen molar-refractivity contribution in [1.82, 2.24) is 0 Å². The second-order valence-corrected chi connectivity index (χ2v) is 4.52. The van der Waals surface area contributed by atoms with Crippen LogP contribution < -0.4 is 11.1 Å². The van der Waals surface area contributed by atoms with Crippen molar-refractivity contribution in [2.75, 3.05) is 18.9 Å². The number of hydrogen-bond acceptors (Lipinski definition) is 2. The number of benzene rings is 1. The minimum absolute atomic E-state index is 0.270. The van der Waals surface area contributed by atoms with Crippen molar-refractivity contribution in [2.24, 2.45) is 5.73 Å². The van der Waals surface area contributed by atoms with E-state index in [9.17, 15) is 0 Å². The molecule has 2 rings (SSSR count). The van der Waals surface area contributed by atoms with Gasteiger partial charge in [-0.3, -0.25) is 0 Å². The molecule has 2 nitrogen and oxygen atoms in total. The fourth-order valence-electron chi connectivity index (χ4n) is 2.65. The molecule has 0 amide bonds. The van der Waals surface area contributed by atoms with E-state index in [1.54, 1.807) is 0 Å². The van der Waals surface area contributed by atoms with Gasteiger partial charge in [-0.2, -0.15) is 0 Å². The Labute approximate surface area is 91.9 Å². The van der Waals surface area contributed by atoms with E-state index < -0.39 is 0 Å². The van der Waals surface area contributed by atoms with Gasteiger partial charge in [-0.1, -0.05) is 25.0 Å². The highest BCUT2D eigenvalue weighted by Gasteiger charge is 2.33. The molecule has 1 aliphatic rings. The van der Waals surface area contributed by atoms with Crippen molar-refractivity contribution in [1.29, 1.82) is 0 Å². The van der Waals surface area contributed by atoms with Crippen LogP contribution in [-0.4, -0.2) is 13.6 Å². The summed E-state index contributed by atoms with van der Waals surface area (Å²) in [5.41, 5.74) is 8.81. The first-order valence-corrected chi connectivity index (χ1v) is 5.79. The van der Waals surface area contributed by atoms with Gasteiger partial charge in [0, 0.05) is 24.7 Å². The number of nitrogens with two attached hydrogens (primary N) is 1. The van der Waals surface area contributed by atoms with Gasteiger partial charge in [-0.15, -0.1) is 0 Å². The van der Waals surface area contributed by atoms with Gasteiger partial charge in [0.05, 0.1) is 0 Å². The standard InChI is InChI=1S/C13H20N2/c1-15-12-6-4-11(5-7-12)13(10-14)8-2-3-9-13/h4-7,15H,2-3,8-10,14H2,1H3. The number of rotatable bonds is 3. The van der Waals surface area contributed by atoms with Crippen LogP contribution in [0.4, 0.5) is 5.69 Å². The molecule has 1 saturated carbocycles. The first-order chi connectivity index (χ1) is 7.30. The largest absolute Gasteiger partial charge is 0.388 e. The molecule has 0 radical (unpaired) electrons. The Hall–Kier alpha value is -1.02. The summed E-state index contributed by atoms with van der Waals surface area (Å²) >= 11 is 0. The average Bonchev–Trinajstić information content (AvgIpc) is 2.79. The molecule has 1 aromatic rings. The molecule has 0 atom stereocenters. The van der Waals surface area contributed by atoms with Crippen molar-refractivity contribution in [3.8, 4) is 0 Å². The zero-order valence-corrected chi connectivity index (χ0v) is 9.42. The number of hydrogen-bond donors (Lipinski definition) is 2. The summed E-state index contributed by atoms with van der Waals surface area (Å²) in [6.07, 6.45) is 5.15. The highest BCUT2D eigenvalue weighted by Crippen LogP contribution is 2.40. The Balaban J connectivity index is 2.26. The van der Waals surface area contributed by atoms with E-state index in [0.717, 1.165) is 6.54 Å². The molecule has 0 aromatic heterocycles. The Kier molecular flexibility index (Phi) is 2.96. The molecule has 82 valence electrons. The van der Waals surface area contributed by atoms with Gasteiger partial charge in [0.15, 0.2) is 0 Å². The van der Waals surface area contributed by atoms with Crippen molar-refractivity contribution in [3.63, 3.8) is 0 Å². The van der Waals surface area contributed by atoms with Crippen molar-refractivity contribution in [3.05, 3.63) is 29.8 Å². The molecule has 0 heterocycles. The van der Waals surface area contributed by atoms with Crippen molar-refractivity contribution < 1.29 is 0 Å². The first-order valence-electron chi connectivity index (χ1n) is 5.79. The third-order valence-electron chi connectivity index (χ3n) is 3.74. The van der Waals surface area contributed by atoms with Crippen LogP contribution in [0.1, 0.15) is 31.2 Å². The Morgan fingerprint density at radius 3 is 2.27 bits per heavy atom. The first kappa shape index (κ1) is 10.5. The maximum Gasteiger partial charge on any atom is 0.0337 e. The van der Waals surface area contributed by atoms with Crippen molar-refractivity contribution in [2.45, 2.75) is 31.1 Å². The van der Waals surface area contributed by atoms with E-state index in [-0.39, 0.29) is 5.41 Å². The molecule has 1 aliphatic carbocycles. The van der Waals surface area contributed by atoms with Crippen LogP contribution in [0.15, 0.2) is 24.3 Å². The molecule has 1 fully saturated rings. The lowest BCUT2D eigenvalue weighted by Gasteiger charge is -2.28. The molecule has 0 aliphatic heterocycles. The fourth-order valence-corrected chi connectivity index (χ4v) is 2.65. The van der Waals surface area contributed by atoms with E-state index in [1.807, 2.05) is 7.05 Å². The summed E-state index contributed by atoms with van der Waals surface area (Å²) in [7, 11) is 1.95. The second-order valence-electron chi connectivity index (χ2n) is 4.52. The molecule has 3 N–H and O–H groups in total. The quantitative estimate of drug-likeness (QED) is 0.794. The van der Waals surface area contributed by atoms with Crippen LogP contribution in [0.25, 0.3) is 0 Å².